The molecular formula is C18H25N5OS. The number of pyridine rings is 1. The number of thioether (sulfide) groups is 1. The normalized spacial score (nSPS) is 17.7. The lowest BCUT2D eigenvalue weighted by molar-refractivity contribution is -0.131. The Morgan fingerprint density at radius 1 is 1.32 bits per heavy atom. The highest BCUT2D eigenvalue weighted by atomic mass is 32.2. The number of nitrogens with zero attached hydrogens (tertiary/aromatic N) is 5. The van der Waals surface area contributed by atoms with E-state index in [2.05, 4.69) is 33.6 Å². The van der Waals surface area contributed by atoms with Crippen molar-refractivity contribution in [2.45, 2.75) is 57.3 Å². The number of carbonyl (C=O) groups is 1. The van der Waals surface area contributed by atoms with E-state index in [0.29, 0.717) is 11.8 Å². The molecular weight excluding hydrogens is 334 g/mol. The van der Waals surface area contributed by atoms with E-state index in [1.165, 1.54) is 18.2 Å². The van der Waals surface area contributed by atoms with Crippen LogP contribution in [0.3, 0.4) is 0 Å². The summed E-state index contributed by atoms with van der Waals surface area (Å²) in [7, 11) is 0. The number of hydrogen-bond acceptors (Lipinski definition) is 5. The Bertz CT molecular complexity index is 703. The fourth-order valence-electron chi connectivity index (χ4n) is 3.18. The zero-order chi connectivity index (χ0) is 17.6. The molecule has 0 spiro atoms. The molecule has 6 nitrogen and oxygen atoms in total. The molecule has 0 saturated carbocycles. The first-order chi connectivity index (χ1) is 12.2. The Labute approximate surface area is 153 Å². The van der Waals surface area contributed by atoms with Crippen LogP contribution in [0, 0.1) is 0 Å². The van der Waals surface area contributed by atoms with Crippen LogP contribution in [0.4, 0.5) is 0 Å². The molecule has 0 bridgehead atoms. The lowest BCUT2D eigenvalue weighted by Crippen LogP contribution is -2.43. The third kappa shape index (κ3) is 4.21. The van der Waals surface area contributed by atoms with E-state index in [-0.39, 0.29) is 5.91 Å². The summed E-state index contributed by atoms with van der Waals surface area (Å²) in [5.74, 6) is 1.38. The van der Waals surface area contributed by atoms with Gasteiger partial charge in [-0.1, -0.05) is 24.8 Å². The number of piperidine rings is 1. The van der Waals surface area contributed by atoms with E-state index in [9.17, 15) is 4.79 Å². The maximum absolute atomic E-state index is 12.6. The zero-order valence-electron chi connectivity index (χ0n) is 14.9. The molecule has 3 heterocycles. The Morgan fingerprint density at radius 3 is 2.92 bits per heavy atom. The molecule has 2 aromatic rings. The van der Waals surface area contributed by atoms with Crippen LogP contribution in [0.15, 0.2) is 29.6 Å². The third-order valence-corrected chi connectivity index (χ3v) is 5.46. The van der Waals surface area contributed by atoms with Crippen LogP contribution in [-0.2, 0) is 11.3 Å². The Hall–Kier alpha value is -1.89. The van der Waals surface area contributed by atoms with Crippen molar-refractivity contribution in [1.29, 1.82) is 0 Å². The summed E-state index contributed by atoms with van der Waals surface area (Å²) in [5, 5.41) is 9.42. The van der Waals surface area contributed by atoms with E-state index in [1.54, 1.807) is 6.20 Å². The number of aromatic nitrogens is 4. The largest absolute Gasteiger partial charge is 0.339 e. The average molecular weight is 359 g/mol. The number of likely N-dealkylation sites (tertiary alicyclic amines) is 1. The van der Waals surface area contributed by atoms with Gasteiger partial charge in [0.15, 0.2) is 11.0 Å². The van der Waals surface area contributed by atoms with Gasteiger partial charge in [-0.3, -0.25) is 9.78 Å². The molecule has 1 unspecified atom stereocenters. The van der Waals surface area contributed by atoms with Gasteiger partial charge in [-0.15, -0.1) is 10.2 Å². The average Bonchev–Trinajstić information content (AvgIpc) is 3.04. The van der Waals surface area contributed by atoms with Crippen LogP contribution in [0.1, 0.15) is 39.5 Å². The first-order valence-corrected chi connectivity index (χ1v) is 9.96. The van der Waals surface area contributed by atoms with Gasteiger partial charge in [0.05, 0.1) is 5.75 Å². The van der Waals surface area contributed by atoms with E-state index >= 15 is 0 Å². The predicted molar refractivity (Wildman–Crippen MR) is 99.3 cm³/mol. The molecule has 1 atom stereocenters. The summed E-state index contributed by atoms with van der Waals surface area (Å²) in [4.78, 5) is 18.9. The minimum atomic E-state index is 0.197. The van der Waals surface area contributed by atoms with Gasteiger partial charge in [-0.25, -0.2) is 0 Å². The highest BCUT2D eigenvalue weighted by Crippen LogP contribution is 2.24. The molecule has 0 N–H and O–H groups in total. The summed E-state index contributed by atoms with van der Waals surface area (Å²) in [6.45, 7) is 5.95. The smallest absolute Gasteiger partial charge is 0.233 e. The number of carbonyl (C=O) groups excluding carboxylic acids is 1. The van der Waals surface area contributed by atoms with Crippen LogP contribution >= 0.6 is 11.8 Å². The van der Waals surface area contributed by atoms with E-state index in [4.69, 9.17) is 0 Å². The molecule has 1 saturated heterocycles. The van der Waals surface area contributed by atoms with Crippen molar-refractivity contribution in [1.82, 2.24) is 24.6 Å². The van der Waals surface area contributed by atoms with Gasteiger partial charge < -0.3 is 9.47 Å². The minimum Gasteiger partial charge on any atom is -0.339 e. The highest BCUT2D eigenvalue weighted by molar-refractivity contribution is 7.99. The molecule has 1 aliphatic rings. The molecule has 1 amide bonds. The van der Waals surface area contributed by atoms with Crippen molar-refractivity contribution in [3.63, 3.8) is 0 Å². The maximum Gasteiger partial charge on any atom is 0.233 e. The standard InChI is InChI=1S/C18H25N5OS/c1-3-11-23-17(15-9-4-6-10-19-15)20-21-18(23)25-13-16(24)22-12-7-5-8-14(22)2/h4,6,9-10,14H,3,5,7-8,11-13H2,1-2H3. The lowest BCUT2D eigenvalue weighted by Gasteiger charge is -2.33. The van der Waals surface area contributed by atoms with Crippen LogP contribution in [0.5, 0.6) is 0 Å². The fourth-order valence-corrected chi connectivity index (χ4v) is 4.03. The van der Waals surface area contributed by atoms with Crippen molar-refractivity contribution in [2.75, 3.05) is 12.3 Å². The maximum atomic E-state index is 12.6. The Morgan fingerprint density at radius 2 is 2.20 bits per heavy atom. The summed E-state index contributed by atoms with van der Waals surface area (Å²) in [6.07, 6.45) is 6.16. The number of rotatable bonds is 6. The monoisotopic (exact) mass is 359 g/mol. The van der Waals surface area contributed by atoms with Crippen molar-refractivity contribution in [3.05, 3.63) is 24.4 Å². The second-order valence-corrected chi connectivity index (χ2v) is 7.34. The second kappa shape index (κ2) is 8.47. The lowest BCUT2D eigenvalue weighted by atomic mass is 10.0. The van der Waals surface area contributed by atoms with Gasteiger partial charge in [0.1, 0.15) is 5.69 Å². The molecule has 7 heteroatoms. The summed E-state index contributed by atoms with van der Waals surface area (Å²) >= 11 is 1.48. The first kappa shape index (κ1) is 17.9. The van der Waals surface area contributed by atoms with E-state index in [0.717, 1.165) is 49.0 Å². The quantitative estimate of drug-likeness (QED) is 0.741. The molecule has 3 rings (SSSR count). The highest BCUT2D eigenvalue weighted by Gasteiger charge is 2.24. The molecule has 25 heavy (non-hydrogen) atoms. The third-order valence-electron chi connectivity index (χ3n) is 4.51. The fraction of sp³-hybridized carbons (Fsp3) is 0.556. The minimum absolute atomic E-state index is 0.197. The SMILES string of the molecule is CCCn1c(SCC(=O)N2CCCCC2C)nnc1-c1ccccn1. The van der Waals surface area contributed by atoms with Crippen molar-refractivity contribution < 1.29 is 4.79 Å². The predicted octanol–water partition coefficient (Wildman–Crippen LogP) is 3.24. The summed E-state index contributed by atoms with van der Waals surface area (Å²) < 4.78 is 2.07. The van der Waals surface area contributed by atoms with Gasteiger partial charge in [0.2, 0.25) is 5.91 Å². The van der Waals surface area contributed by atoms with Crippen molar-refractivity contribution in [2.24, 2.45) is 0 Å². The van der Waals surface area contributed by atoms with Crippen LogP contribution in [-0.4, -0.2) is 48.9 Å². The molecule has 0 radical (unpaired) electrons. The van der Waals surface area contributed by atoms with Crippen molar-refractivity contribution >= 4 is 17.7 Å². The molecule has 0 aliphatic carbocycles. The van der Waals surface area contributed by atoms with Crippen LogP contribution < -0.4 is 0 Å². The van der Waals surface area contributed by atoms with Crippen LogP contribution in [0.25, 0.3) is 11.5 Å². The van der Waals surface area contributed by atoms with E-state index < -0.39 is 0 Å². The summed E-state index contributed by atoms with van der Waals surface area (Å²) in [5.41, 5.74) is 0.811. The molecule has 134 valence electrons. The zero-order valence-corrected chi connectivity index (χ0v) is 15.7. The number of hydrogen-bond donors (Lipinski definition) is 0. The van der Waals surface area contributed by atoms with Gasteiger partial charge in [0, 0.05) is 25.3 Å². The van der Waals surface area contributed by atoms with Gasteiger partial charge >= 0.3 is 0 Å². The molecule has 2 aromatic heterocycles. The van der Waals surface area contributed by atoms with Crippen LogP contribution in [0.2, 0.25) is 0 Å². The van der Waals surface area contributed by atoms with Gasteiger partial charge in [0.25, 0.3) is 0 Å². The first-order valence-electron chi connectivity index (χ1n) is 8.97. The summed E-state index contributed by atoms with van der Waals surface area (Å²) in [6, 6.07) is 6.12. The molecule has 1 aliphatic heterocycles. The molecule has 1 fully saturated rings. The number of amides is 1. The Balaban J connectivity index is 1.72. The topological polar surface area (TPSA) is 63.9 Å². The van der Waals surface area contributed by atoms with Gasteiger partial charge in [-0.05, 0) is 44.7 Å². The molecule has 0 aromatic carbocycles. The van der Waals surface area contributed by atoms with Gasteiger partial charge in [-0.2, -0.15) is 0 Å². The second-order valence-electron chi connectivity index (χ2n) is 6.39. The van der Waals surface area contributed by atoms with E-state index in [1.807, 2.05) is 23.1 Å². The van der Waals surface area contributed by atoms with Crippen molar-refractivity contribution in [3.8, 4) is 11.5 Å². The Kier molecular flexibility index (Phi) is 6.07.